The summed E-state index contributed by atoms with van der Waals surface area (Å²) < 4.78 is 5.35. The first-order valence-corrected chi connectivity index (χ1v) is 5.39. The highest BCUT2D eigenvalue weighted by Crippen LogP contribution is 2.23. The van der Waals surface area contributed by atoms with Crippen molar-refractivity contribution in [3.8, 4) is 0 Å². The molecule has 0 amide bonds. The van der Waals surface area contributed by atoms with Crippen molar-refractivity contribution in [3.05, 3.63) is 0 Å². The zero-order valence-corrected chi connectivity index (χ0v) is 9.79. The molecule has 1 heterocycles. The average Bonchev–Trinajstić information content (AvgIpc) is 2.54. The van der Waals surface area contributed by atoms with Crippen molar-refractivity contribution in [3.63, 3.8) is 0 Å². The Morgan fingerprint density at radius 2 is 2.21 bits per heavy atom. The van der Waals surface area contributed by atoms with Crippen LogP contribution in [-0.2, 0) is 4.74 Å². The van der Waals surface area contributed by atoms with Gasteiger partial charge in [-0.25, -0.2) is 0 Å². The van der Waals surface area contributed by atoms with E-state index in [4.69, 9.17) is 4.74 Å². The summed E-state index contributed by atoms with van der Waals surface area (Å²) in [7, 11) is 2.11. The monoisotopic (exact) mass is 201 g/mol. The Labute approximate surface area is 87.1 Å². The van der Waals surface area contributed by atoms with Crippen molar-refractivity contribution < 1.29 is 9.84 Å². The Balaban J connectivity index is 2.42. The summed E-state index contributed by atoms with van der Waals surface area (Å²) in [5.74, 6) is 0. The minimum atomic E-state index is -0.271. The average molecular weight is 201 g/mol. The molecule has 84 valence electrons. The maximum Gasteiger partial charge on any atom is 0.0622 e. The van der Waals surface area contributed by atoms with E-state index in [-0.39, 0.29) is 11.5 Å². The van der Waals surface area contributed by atoms with Gasteiger partial charge in [0.2, 0.25) is 0 Å². The van der Waals surface area contributed by atoms with Gasteiger partial charge in [0.15, 0.2) is 0 Å². The number of rotatable bonds is 4. The summed E-state index contributed by atoms with van der Waals surface area (Å²) in [5.41, 5.74) is -0.0443. The van der Waals surface area contributed by atoms with E-state index >= 15 is 0 Å². The first kappa shape index (κ1) is 12.0. The lowest BCUT2D eigenvalue weighted by Crippen LogP contribution is -2.43. The standard InChI is InChI=1S/C11H23NO2/c1-9(13)11(2,3)8-12(4)10-5-6-14-7-10/h9-10,13H,5-8H2,1-4H3. The number of hydrogen-bond acceptors (Lipinski definition) is 3. The van der Waals surface area contributed by atoms with Crippen LogP contribution in [0.4, 0.5) is 0 Å². The molecule has 1 rings (SSSR count). The van der Waals surface area contributed by atoms with E-state index < -0.39 is 0 Å². The molecule has 1 fully saturated rings. The highest BCUT2D eigenvalue weighted by atomic mass is 16.5. The van der Waals surface area contributed by atoms with Crippen LogP contribution in [-0.4, -0.2) is 49.0 Å². The molecule has 1 N–H and O–H groups in total. The quantitative estimate of drug-likeness (QED) is 0.739. The van der Waals surface area contributed by atoms with Crippen LogP contribution < -0.4 is 0 Å². The fourth-order valence-electron chi connectivity index (χ4n) is 1.77. The molecule has 0 radical (unpaired) electrons. The molecule has 1 aliphatic rings. The molecule has 3 heteroatoms. The molecule has 2 unspecified atom stereocenters. The fourth-order valence-corrected chi connectivity index (χ4v) is 1.77. The molecule has 1 saturated heterocycles. The number of aliphatic hydroxyl groups excluding tert-OH is 1. The molecule has 0 spiro atoms. The van der Waals surface area contributed by atoms with Crippen LogP contribution in [0.15, 0.2) is 0 Å². The maximum absolute atomic E-state index is 9.61. The van der Waals surface area contributed by atoms with Gasteiger partial charge in [-0.05, 0) is 20.4 Å². The Morgan fingerprint density at radius 1 is 1.57 bits per heavy atom. The number of hydrogen-bond donors (Lipinski definition) is 1. The second kappa shape index (κ2) is 4.60. The SMILES string of the molecule is CC(O)C(C)(C)CN(C)C1CCOC1. The van der Waals surface area contributed by atoms with Crippen LogP contribution >= 0.6 is 0 Å². The summed E-state index contributed by atoms with van der Waals surface area (Å²) in [6.07, 6.45) is 0.846. The molecule has 1 aliphatic heterocycles. The smallest absolute Gasteiger partial charge is 0.0622 e. The molecule has 0 aromatic rings. The van der Waals surface area contributed by atoms with E-state index in [0.29, 0.717) is 6.04 Å². The topological polar surface area (TPSA) is 32.7 Å². The van der Waals surface area contributed by atoms with Crippen molar-refractivity contribution in [2.75, 3.05) is 26.8 Å². The molecule has 0 aliphatic carbocycles. The molecule has 3 nitrogen and oxygen atoms in total. The largest absolute Gasteiger partial charge is 0.393 e. The number of nitrogens with zero attached hydrogens (tertiary/aromatic N) is 1. The second-order valence-corrected chi connectivity index (χ2v) is 5.10. The minimum Gasteiger partial charge on any atom is -0.393 e. The van der Waals surface area contributed by atoms with E-state index in [0.717, 1.165) is 26.2 Å². The van der Waals surface area contributed by atoms with Gasteiger partial charge in [0.25, 0.3) is 0 Å². The third-order valence-corrected chi connectivity index (χ3v) is 3.32. The van der Waals surface area contributed by atoms with Gasteiger partial charge in [0.05, 0.1) is 12.7 Å². The highest BCUT2D eigenvalue weighted by molar-refractivity contribution is 4.82. The van der Waals surface area contributed by atoms with Gasteiger partial charge in [-0.2, -0.15) is 0 Å². The lowest BCUT2D eigenvalue weighted by Gasteiger charge is -2.35. The third-order valence-electron chi connectivity index (χ3n) is 3.32. The lowest BCUT2D eigenvalue weighted by molar-refractivity contribution is 0.0287. The predicted molar refractivity (Wildman–Crippen MR) is 57.3 cm³/mol. The highest BCUT2D eigenvalue weighted by Gasteiger charge is 2.29. The second-order valence-electron chi connectivity index (χ2n) is 5.10. The normalized spacial score (nSPS) is 25.7. The number of aliphatic hydroxyl groups is 1. The van der Waals surface area contributed by atoms with E-state index in [1.165, 1.54) is 0 Å². The van der Waals surface area contributed by atoms with E-state index in [9.17, 15) is 5.11 Å². The molecule has 0 aromatic heterocycles. The van der Waals surface area contributed by atoms with E-state index in [2.05, 4.69) is 25.8 Å². The molecule has 0 saturated carbocycles. The third kappa shape index (κ3) is 2.94. The van der Waals surface area contributed by atoms with Gasteiger partial charge in [0.1, 0.15) is 0 Å². The van der Waals surface area contributed by atoms with Gasteiger partial charge in [-0.3, -0.25) is 0 Å². The minimum absolute atomic E-state index is 0.0443. The van der Waals surface area contributed by atoms with Crippen molar-refractivity contribution in [1.29, 1.82) is 0 Å². The summed E-state index contributed by atoms with van der Waals surface area (Å²) in [6, 6.07) is 0.535. The van der Waals surface area contributed by atoms with Gasteiger partial charge in [-0.15, -0.1) is 0 Å². The van der Waals surface area contributed by atoms with Crippen LogP contribution in [0.1, 0.15) is 27.2 Å². The summed E-state index contributed by atoms with van der Waals surface area (Å²) in [5, 5.41) is 9.61. The van der Waals surface area contributed by atoms with Gasteiger partial charge >= 0.3 is 0 Å². The maximum atomic E-state index is 9.61. The predicted octanol–water partition coefficient (Wildman–Crippen LogP) is 1.11. The molecular formula is C11H23NO2. The van der Waals surface area contributed by atoms with Gasteiger partial charge < -0.3 is 14.7 Å². The number of likely N-dealkylation sites (N-methyl/N-ethyl adjacent to an activating group) is 1. The molecular weight excluding hydrogens is 178 g/mol. The Kier molecular flexibility index (Phi) is 3.93. The Morgan fingerprint density at radius 3 is 2.64 bits per heavy atom. The Bertz CT molecular complexity index is 174. The summed E-state index contributed by atoms with van der Waals surface area (Å²) >= 11 is 0. The zero-order valence-electron chi connectivity index (χ0n) is 9.79. The van der Waals surface area contributed by atoms with Crippen molar-refractivity contribution in [2.45, 2.75) is 39.3 Å². The van der Waals surface area contributed by atoms with Gasteiger partial charge in [0, 0.05) is 24.6 Å². The summed E-state index contributed by atoms with van der Waals surface area (Å²) in [6.45, 7) is 8.70. The van der Waals surface area contributed by atoms with Crippen LogP contribution in [0.3, 0.4) is 0 Å². The van der Waals surface area contributed by atoms with Crippen LogP contribution in [0.5, 0.6) is 0 Å². The first-order valence-electron chi connectivity index (χ1n) is 5.39. The van der Waals surface area contributed by atoms with E-state index in [1.807, 2.05) is 6.92 Å². The lowest BCUT2D eigenvalue weighted by atomic mass is 9.86. The van der Waals surface area contributed by atoms with E-state index in [1.54, 1.807) is 0 Å². The Hall–Kier alpha value is -0.120. The van der Waals surface area contributed by atoms with Crippen LogP contribution in [0.2, 0.25) is 0 Å². The number of ether oxygens (including phenoxy) is 1. The van der Waals surface area contributed by atoms with Crippen molar-refractivity contribution in [2.24, 2.45) is 5.41 Å². The fraction of sp³-hybridized carbons (Fsp3) is 1.00. The molecule has 2 atom stereocenters. The van der Waals surface area contributed by atoms with Crippen LogP contribution in [0.25, 0.3) is 0 Å². The molecule has 0 bridgehead atoms. The zero-order chi connectivity index (χ0) is 10.8. The first-order chi connectivity index (χ1) is 6.43. The van der Waals surface area contributed by atoms with Crippen LogP contribution in [0, 0.1) is 5.41 Å². The molecule has 0 aromatic carbocycles. The molecule has 14 heavy (non-hydrogen) atoms. The van der Waals surface area contributed by atoms with Crippen molar-refractivity contribution in [1.82, 2.24) is 4.90 Å². The summed E-state index contributed by atoms with van der Waals surface area (Å²) in [4.78, 5) is 2.31. The van der Waals surface area contributed by atoms with Crippen molar-refractivity contribution >= 4 is 0 Å². The van der Waals surface area contributed by atoms with Gasteiger partial charge in [-0.1, -0.05) is 13.8 Å².